The summed E-state index contributed by atoms with van der Waals surface area (Å²) in [5.74, 6) is -0.604. The number of dihydropyridines is 1. The van der Waals surface area contributed by atoms with E-state index in [1.54, 1.807) is 12.3 Å². The molecule has 2 rings (SSSR count). The lowest BCUT2D eigenvalue weighted by atomic mass is 9.83. The first-order chi connectivity index (χ1) is 11.6. The molecule has 0 fully saturated rings. The van der Waals surface area contributed by atoms with Gasteiger partial charge in [0.05, 0.1) is 32.3 Å². The van der Waals surface area contributed by atoms with Gasteiger partial charge in [-0.15, -0.1) is 0 Å². The van der Waals surface area contributed by atoms with E-state index in [-0.39, 0.29) is 0 Å². The standard InChI is InChI=1S/C18H21N3O3/c1-6-8-13-15(18(22)24-5)14(16(19-3)11(2)21-13)12-9-7-10-20-17(12)23-4/h7,9-10,14,21H,6,8H2,1-2,4-5H3. The molecule has 126 valence electrons. The van der Waals surface area contributed by atoms with E-state index in [4.69, 9.17) is 16.0 Å². The van der Waals surface area contributed by atoms with Crippen LogP contribution in [-0.2, 0) is 9.53 Å². The van der Waals surface area contributed by atoms with Gasteiger partial charge in [-0.05, 0) is 19.4 Å². The number of rotatable bonds is 5. The minimum absolute atomic E-state index is 0.399. The van der Waals surface area contributed by atoms with E-state index in [0.29, 0.717) is 29.1 Å². The van der Waals surface area contributed by atoms with Crippen molar-refractivity contribution in [2.24, 2.45) is 0 Å². The van der Waals surface area contributed by atoms with Gasteiger partial charge in [0, 0.05) is 23.2 Å². The summed E-state index contributed by atoms with van der Waals surface area (Å²) in [5.41, 5.74) is 3.09. The molecule has 1 aliphatic heterocycles. The SMILES string of the molecule is [C-]#[N+]C1=C(C)NC(CCC)=C(C(=O)OC)C1c1cccnc1OC. The van der Waals surface area contributed by atoms with Crippen molar-refractivity contribution in [3.63, 3.8) is 0 Å². The predicted octanol–water partition coefficient (Wildman–Crippen LogP) is 3.15. The van der Waals surface area contributed by atoms with Crippen molar-refractivity contribution in [1.29, 1.82) is 0 Å². The highest BCUT2D eigenvalue weighted by molar-refractivity contribution is 5.93. The second kappa shape index (κ2) is 7.64. The van der Waals surface area contributed by atoms with Gasteiger partial charge in [-0.25, -0.2) is 14.6 Å². The summed E-state index contributed by atoms with van der Waals surface area (Å²) < 4.78 is 10.3. The highest BCUT2D eigenvalue weighted by Crippen LogP contribution is 2.42. The molecule has 6 heteroatoms. The third kappa shape index (κ3) is 3.11. The third-order valence-electron chi connectivity index (χ3n) is 3.94. The molecule has 2 heterocycles. The van der Waals surface area contributed by atoms with E-state index in [1.807, 2.05) is 19.9 Å². The summed E-state index contributed by atoms with van der Waals surface area (Å²) in [4.78, 5) is 20.4. The summed E-state index contributed by atoms with van der Waals surface area (Å²) in [6.45, 7) is 11.5. The number of hydrogen-bond donors (Lipinski definition) is 1. The maximum absolute atomic E-state index is 12.5. The lowest BCUT2D eigenvalue weighted by Crippen LogP contribution is -2.29. The fraction of sp³-hybridized carbons (Fsp3) is 0.389. The Balaban J connectivity index is 2.74. The summed E-state index contributed by atoms with van der Waals surface area (Å²) in [5, 5.41) is 3.20. The second-order valence-corrected chi connectivity index (χ2v) is 5.42. The van der Waals surface area contributed by atoms with Gasteiger partial charge < -0.3 is 14.8 Å². The van der Waals surface area contributed by atoms with E-state index in [0.717, 1.165) is 17.8 Å². The molecule has 0 aliphatic carbocycles. The Morgan fingerprint density at radius 2 is 2.21 bits per heavy atom. The number of ether oxygens (including phenoxy) is 2. The molecule has 1 N–H and O–H groups in total. The number of methoxy groups -OCH3 is 2. The summed E-state index contributed by atoms with van der Waals surface area (Å²) in [6, 6.07) is 3.60. The van der Waals surface area contributed by atoms with Gasteiger partial charge in [-0.2, -0.15) is 0 Å². The number of aromatic nitrogens is 1. The molecule has 1 unspecified atom stereocenters. The number of nitrogens with zero attached hydrogens (tertiary/aromatic N) is 2. The maximum Gasteiger partial charge on any atom is 0.335 e. The third-order valence-corrected chi connectivity index (χ3v) is 3.94. The molecule has 1 aliphatic rings. The zero-order valence-corrected chi connectivity index (χ0v) is 14.3. The van der Waals surface area contributed by atoms with Crippen LogP contribution in [0.2, 0.25) is 0 Å². The van der Waals surface area contributed by atoms with Crippen LogP contribution in [0, 0.1) is 6.57 Å². The molecule has 24 heavy (non-hydrogen) atoms. The molecule has 1 aromatic heterocycles. The minimum Gasteiger partial charge on any atom is -0.481 e. The van der Waals surface area contributed by atoms with E-state index in [2.05, 4.69) is 15.1 Å². The largest absolute Gasteiger partial charge is 0.481 e. The topological polar surface area (TPSA) is 64.8 Å². The van der Waals surface area contributed by atoms with Crippen LogP contribution in [0.15, 0.2) is 41.0 Å². The van der Waals surface area contributed by atoms with E-state index >= 15 is 0 Å². The van der Waals surface area contributed by atoms with Crippen molar-refractivity contribution in [3.05, 3.63) is 58.0 Å². The summed E-state index contributed by atoms with van der Waals surface area (Å²) in [6.07, 6.45) is 3.17. The Morgan fingerprint density at radius 1 is 1.46 bits per heavy atom. The Bertz CT molecular complexity index is 744. The van der Waals surface area contributed by atoms with Gasteiger partial charge in [0.2, 0.25) is 5.88 Å². The molecule has 0 aromatic carbocycles. The molecule has 0 radical (unpaired) electrons. The second-order valence-electron chi connectivity index (χ2n) is 5.42. The molecule has 0 bridgehead atoms. The molecule has 0 saturated heterocycles. The van der Waals surface area contributed by atoms with E-state index < -0.39 is 11.9 Å². The quantitative estimate of drug-likeness (QED) is 0.665. The summed E-state index contributed by atoms with van der Waals surface area (Å²) >= 11 is 0. The van der Waals surface area contributed by atoms with Crippen LogP contribution in [0.1, 0.15) is 38.2 Å². The molecule has 1 aromatic rings. The van der Waals surface area contributed by atoms with Gasteiger partial charge in [-0.3, -0.25) is 0 Å². The van der Waals surface area contributed by atoms with Gasteiger partial charge >= 0.3 is 5.97 Å². The number of carbonyl (C=O) groups is 1. The van der Waals surface area contributed by atoms with Crippen molar-refractivity contribution in [3.8, 4) is 5.88 Å². The zero-order chi connectivity index (χ0) is 17.7. The van der Waals surface area contributed by atoms with Crippen LogP contribution >= 0.6 is 0 Å². The highest BCUT2D eigenvalue weighted by atomic mass is 16.5. The van der Waals surface area contributed by atoms with E-state index in [9.17, 15) is 4.79 Å². The molecular weight excluding hydrogens is 306 g/mol. The Labute approximate surface area is 142 Å². The van der Waals surface area contributed by atoms with Crippen LogP contribution < -0.4 is 10.1 Å². The lowest BCUT2D eigenvalue weighted by molar-refractivity contribution is -0.136. The van der Waals surface area contributed by atoms with Crippen molar-refractivity contribution in [2.45, 2.75) is 32.6 Å². The fourth-order valence-electron chi connectivity index (χ4n) is 2.93. The molecule has 0 saturated carbocycles. The summed E-state index contributed by atoms with van der Waals surface area (Å²) in [7, 11) is 2.87. The van der Waals surface area contributed by atoms with Crippen molar-refractivity contribution < 1.29 is 14.3 Å². The minimum atomic E-state index is -0.554. The Hall–Kier alpha value is -2.81. The normalized spacial score (nSPS) is 17.2. The van der Waals surface area contributed by atoms with Crippen molar-refractivity contribution >= 4 is 5.97 Å². The Morgan fingerprint density at radius 3 is 2.79 bits per heavy atom. The van der Waals surface area contributed by atoms with E-state index in [1.165, 1.54) is 14.2 Å². The molecular formula is C18H21N3O3. The van der Waals surface area contributed by atoms with Crippen LogP contribution in [-0.4, -0.2) is 25.2 Å². The van der Waals surface area contributed by atoms with Gasteiger partial charge in [-0.1, -0.05) is 19.4 Å². The van der Waals surface area contributed by atoms with Gasteiger partial charge in [0.25, 0.3) is 0 Å². The van der Waals surface area contributed by atoms with Gasteiger partial charge in [0.15, 0.2) is 5.70 Å². The smallest absolute Gasteiger partial charge is 0.335 e. The number of carbonyl (C=O) groups excluding carboxylic acids is 1. The average molecular weight is 327 g/mol. The maximum atomic E-state index is 12.5. The number of allylic oxidation sites excluding steroid dienone is 3. The number of esters is 1. The zero-order valence-electron chi connectivity index (χ0n) is 14.3. The van der Waals surface area contributed by atoms with Gasteiger partial charge in [0.1, 0.15) is 0 Å². The average Bonchev–Trinajstić information content (AvgIpc) is 2.60. The van der Waals surface area contributed by atoms with Crippen molar-refractivity contribution in [2.75, 3.05) is 14.2 Å². The monoisotopic (exact) mass is 327 g/mol. The van der Waals surface area contributed by atoms with Crippen molar-refractivity contribution in [1.82, 2.24) is 10.3 Å². The van der Waals surface area contributed by atoms with Crippen LogP contribution in [0.4, 0.5) is 0 Å². The first kappa shape index (κ1) is 17.5. The molecule has 6 nitrogen and oxygen atoms in total. The molecule has 0 amide bonds. The first-order valence-electron chi connectivity index (χ1n) is 7.74. The fourth-order valence-corrected chi connectivity index (χ4v) is 2.93. The molecule has 1 atom stereocenters. The lowest BCUT2D eigenvalue weighted by Gasteiger charge is -2.29. The first-order valence-corrected chi connectivity index (χ1v) is 7.74. The van der Waals surface area contributed by atoms with Crippen LogP contribution in [0.5, 0.6) is 5.88 Å². The number of hydrogen-bond acceptors (Lipinski definition) is 5. The Kier molecular flexibility index (Phi) is 5.59. The predicted molar refractivity (Wildman–Crippen MR) is 89.9 cm³/mol. The van der Waals surface area contributed by atoms with Crippen LogP contribution in [0.3, 0.4) is 0 Å². The van der Waals surface area contributed by atoms with Crippen LogP contribution in [0.25, 0.3) is 4.85 Å². The molecule has 0 spiro atoms. The highest BCUT2D eigenvalue weighted by Gasteiger charge is 2.37. The number of pyridine rings is 1. The number of nitrogens with one attached hydrogen (secondary N) is 1.